The molecule has 0 spiro atoms. The topological polar surface area (TPSA) is 21.6 Å². The summed E-state index contributed by atoms with van der Waals surface area (Å²) in [6.07, 6.45) is 1.86. The second kappa shape index (κ2) is 2.16. The van der Waals surface area contributed by atoms with Crippen molar-refractivity contribution in [3.05, 3.63) is 0 Å². The Balaban J connectivity index is 2.47. The van der Waals surface area contributed by atoms with Gasteiger partial charge in [0.1, 0.15) is 6.61 Å². The van der Waals surface area contributed by atoms with Crippen LogP contribution in [0.1, 0.15) is 13.8 Å². The number of nitrogens with zero attached hydrogens (tertiary/aromatic N) is 1. The molecule has 2 atom stereocenters. The van der Waals surface area contributed by atoms with Crippen molar-refractivity contribution in [2.75, 3.05) is 6.61 Å². The van der Waals surface area contributed by atoms with E-state index in [9.17, 15) is 0 Å². The monoisotopic (exact) mass is 113 g/mol. The molecule has 0 radical (unpaired) electrons. The fourth-order valence-corrected chi connectivity index (χ4v) is 0.598. The highest BCUT2D eigenvalue weighted by atomic mass is 16.6. The number of oxime groups is 1. The van der Waals surface area contributed by atoms with Gasteiger partial charge < -0.3 is 4.84 Å². The van der Waals surface area contributed by atoms with E-state index < -0.39 is 0 Å². The van der Waals surface area contributed by atoms with Gasteiger partial charge in [0.25, 0.3) is 0 Å². The highest BCUT2D eigenvalue weighted by Crippen LogP contribution is 2.12. The van der Waals surface area contributed by atoms with Crippen LogP contribution in [0.25, 0.3) is 0 Å². The van der Waals surface area contributed by atoms with Crippen molar-refractivity contribution < 1.29 is 4.84 Å². The molecular formula is C6H11NO. The van der Waals surface area contributed by atoms with Gasteiger partial charge in [-0.15, -0.1) is 0 Å². The van der Waals surface area contributed by atoms with Gasteiger partial charge in [0.15, 0.2) is 0 Å². The van der Waals surface area contributed by atoms with Crippen LogP contribution in [-0.4, -0.2) is 12.8 Å². The normalized spacial score (nSPS) is 36.8. The maximum absolute atomic E-state index is 4.82. The Bertz CT molecular complexity index is 101. The summed E-state index contributed by atoms with van der Waals surface area (Å²) in [6, 6.07) is 0. The first kappa shape index (κ1) is 5.60. The molecule has 0 amide bonds. The van der Waals surface area contributed by atoms with Gasteiger partial charge in [-0.3, -0.25) is 0 Å². The summed E-state index contributed by atoms with van der Waals surface area (Å²) in [6.45, 7) is 5.09. The zero-order chi connectivity index (χ0) is 5.98. The predicted molar refractivity (Wildman–Crippen MR) is 32.8 cm³/mol. The van der Waals surface area contributed by atoms with Crippen LogP contribution in [0.5, 0.6) is 0 Å². The minimum Gasteiger partial charge on any atom is -0.396 e. The lowest BCUT2D eigenvalue weighted by Crippen LogP contribution is -2.18. The van der Waals surface area contributed by atoms with Gasteiger partial charge in [0.2, 0.25) is 0 Å². The van der Waals surface area contributed by atoms with Crippen molar-refractivity contribution in [1.29, 1.82) is 0 Å². The highest BCUT2D eigenvalue weighted by Gasteiger charge is 2.13. The molecule has 1 rings (SSSR count). The van der Waals surface area contributed by atoms with Gasteiger partial charge in [-0.05, 0) is 0 Å². The van der Waals surface area contributed by atoms with E-state index in [0.717, 1.165) is 6.61 Å². The summed E-state index contributed by atoms with van der Waals surface area (Å²) in [5.41, 5.74) is 0. The zero-order valence-electron chi connectivity index (χ0n) is 5.29. The van der Waals surface area contributed by atoms with Gasteiger partial charge >= 0.3 is 0 Å². The van der Waals surface area contributed by atoms with Crippen LogP contribution in [0, 0.1) is 11.8 Å². The molecule has 2 heteroatoms. The average Bonchev–Trinajstić information content (AvgIpc) is 1.77. The van der Waals surface area contributed by atoms with Gasteiger partial charge in [0, 0.05) is 18.1 Å². The van der Waals surface area contributed by atoms with Crippen molar-refractivity contribution in [3.8, 4) is 0 Å². The molecule has 46 valence electrons. The molecule has 0 aromatic carbocycles. The van der Waals surface area contributed by atoms with E-state index in [1.54, 1.807) is 0 Å². The Morgan fingerprint density at radius 3 is 2.75 bits per heavy atom. The van der Waals surface area contributed by atoms with Gasteiger partial charge in [0.05, 0.1) is 0 Å². The minimum absolute atomic E-state index is 0.587. The molecule has 0 saturated heterocycles. The molecule has 0 unspecified atom stereocenters. The van der Waals surface area contributed by atoms with E-state index in [4.69, 9.17) is 4.84 Å². The van der Waals surface area contributed by atoms with Gasteiger partial charge in [-0.2, -0.15) is 0 Å². The van der Waals surface area contributed by atoms with Crippen LogP contribution in [0.2, 0.25) is 0 Å². The molecule has 0 aliphatic carbocycles. The predicted octanol–water partition coefficient (Wildman–Crippen LogP) is 1.27. The standard InChI is InChI=1S/C6H11NO/c1-5-3-7-8-4-6(5)2/h3,5-6H,4H2,1-2H3/t5-,6+/m1/s1. The molecule has 2 nitrogen and oxygen atoms in total. The van der Waals surface area contributed by atoms with Crippen molar-refractivity contribution in [3.63, 3.8) is 0 Å². The molecule has 8 heavy (non-hydrogen) atoms. The van der Waals surface area contributed by atoms with Crippen LogP contribution in [0.3, 0.4) is 0 Å². The number of hydrogen-bond acceptors (Lipinski definition) is 2. The molecule has 0 N–H and O–H groups in total. The summed E-state index contributed by atoms with van der Waals surface area (Å²) >= 11 is 0. The molecule has 1 heterocycles. The van der Waals surface area contributed by atoms with E-state index in [-0.39, 0.29) is 0 Å². The van der Waals surface area contributed by atoms with Crippen LogP contribution in [0.4, 0.5) is 0 Å². The quantitative estimate of drug-likeness (QED) is 0.463. The van der Waals surface area contributed by atoms with E-state index in [1.807, 2.05) is 6.21 Å². The minimum atomic E-state index is 0.587. The average molecular weight is 113 g/mol. The number of hydrogen-bond donors (Lipinski definition) is 0. The fraction of sp³-hybridized carbons (Fsp3) is 0.833. The molecule has 1 aliphatic heterocycles. The van der Waals surface area contributed by atoms with Crippen molar-refractivity contribution >= 4 is 6.21 Å². The Morgan fingerprint density at radius 2 is 2.38 bits per heavy atom. The second-order valence-electron chi connectivity index (χ2n) is 2.39. The van der Waals surface area contributed by atoms with E-state index >= 15 is 0 Å². The summed E-state index contributed by atoms with van der Waals surface area (Å²) in [7, 11) is 0. The molecule has 0 fully saturated rings. The fourth-order valence-electron chi connectivity index (χ4n) is 0.598. The van der Waals surface area contributed by atoms with Crippen LogP contribution < -0.4 is 0 Å². The van der Waals surface area contributed by atoms with Crippen molar-refractivity contribution in [2.45, 2.75) is 13.8 Å². The maximum Gasteiger partial charge on any atom is 0.120 e. The Morgan fingerprint density at radius 1 is 1.62 bits per heavy atom. The third kappa shape index (κ3) is 0.997. The van der Waals surface area contributed by atoms with Gasteiger partial charge in [-0.25, -0.2) is 0 Å². The largest absolute Gasteiger partial charge is 0.396 e. The zero-order valence-corrected chi connectivity index (χ0v) is 5.29. The van der Waals surface area contributed by atoms with Crippen LogP contribution in [0.15, 0.2) is 5.16 Å². The second-order valence-corrected chi connectivity index (χ2v) is 2.39. The van der Waals surface area contributed by atoms with E-state index in [1.165, 1.54) is 0 Å². The third-order valence-corrected chi connectivity index (χ3v) is 1.61. The molecule has 1 aliphatic rings. The molecule has 0 saturated carbocycles. The highest BCUT2D eigenvalue weighted by molar-refractivity contribution is 5.60. The Hall–Kier alpha value is -0.530. The summed E-state index contributed by atoms with van der Waals surface area (Å²) < 4.78 is 0. The number of rotatable bonds is 0. The maximum atomic E-state index is 4.82. The van der Waals surface area contributed by atoms with E-state index in [0.29, 0.717) is 11.8 Å². The van der Waals surface area contributed by atoms with Crippen LogP contribution >= 0.6 is 0 Å². The van der Waals surface area contributed by atoms with Crippen LogP contribution in [-0.2, 0) is 4.84 Å². The first-order valence-electron chi connectivity index (χ1n) is 2.96. The Kier molecular flexibility index (Phi) is 1.51. The lowest BCUT2D eigenvalue weighted by molar-refractivity contribution is 0.0875. The summed E-state index contributed by atoms with van der Waals surface area (Å²) in [5, 5.41) is 3.68. The smallest absolute Gasteiger partial charge is 0.120 e. The first-order valence-corrected chi connectivity index (χ1v) is 2.96. The van der Waals surface area contributed by atoms with Crippen molar-refractivity contribution in [2.24, 2.45) is 17.0 Å². The lowest BCUT2D eigenvalue weighted by atomic mass is 9.98. The Labute approximate surface area is 49.5 Å². The summed E-state index contributed by atoms with van der Waals surface area (Å²) in [4.78, 5) is 4.82. The SMILES string of the molecule is C[C@@H]1C=NOC[C@@H]1C. The van der Waals surface area contributed by atoms with E-state index in [2.05, 4.69) is 19.0 Å². The summed E-state index contributed by atoms with van der Waals surface area (Å²) in [5.74, 6) is 1.22. The third-order valence-electron chi connectivity index (χ3n) is 1.61. The lowest BCUT2D eigenvalue weighted by Gasteiger charge is -2.17. The van der Waals surface area contributed by atoms with Gasteiger partial charge in [-0.1, -0.05) is 19.0 Å². The first-order chi connectivity index (χ1) is 3.80. The molecule has 0 aromatic heterocycles. The molecule has 0 aromatic rings. The van der Waals surface area contributed by atoms with Crippen molar-refractivity contribution in [1.82, 2.24) is 0 Å². The molecular weight excluding hydrogens is 102 g/mol. The molecule has 0 bridgehead atoms.